The highest BCUT2D eigenvalue weighted by atomic mass is 16.5. The van der Waals surface area contributed by atoms with Crippen molar-refractivity contribution in [3.8, 4) is 17.1 Å². The van der Waals surface area contributed by atoms with Gasteiger partial charge in [-0.15, -0.1) is 20.4 Å². The van der Waals surface area contributed by atoms with Crippen molar-refractivity contribution in [2.45, 2.75) is 19.8 Å². The topological polar surface area (TPSA) is 63.8 Å². The van der Waals surface area contributed by atoms with Crippen molar-refractivity contribution in [2.24, 2.45) is 5.92 Å². The van der Waals surface area contributed by atoms with E-state index in [2.05, 4.69) is 80.5 Å². The van der Waals surface area contributed by atoms with Gasteiger partial charge in [-0.1, -0.05) is 42.5 Å². The maximum atomic E-state index is 6.38. The van der Waals surface area contributed by atoms with E-state index < -0.39 is 0 Å². The van der Waals surface area contributed by atoms with Crippen molar-refractivity contribution in [3.63, 3.8) is 0 Å². The summed E-state index contributed by atoms with van der Waals surface area (Å²) in [4.78, 5) is 0. The lowest BCUT2D eigenvalue weighted by Gasteiger charge is -2.35. The number of allylic oxidation sites excluding steroid dienone is 3. The van der Waals surface area contributed by atoms with Crippen LogP contribution in [0.1, 0.15) is 28.4 Å². The molecule has 2 aromatic carbocycles. The van der Waals surface area contributed by atoms with Gasteiger partial charge >= 0.3 is 0 Å². The lowest BCUT2D eigenvalue weighted by molar-refractivity contribution is -0.462. The summed E-state index contributed by atoms with van der Waals surface area (Å²) in [5, 5.41) is 16.3. The van der Waals surface area contributed by atoms with E-state index in [1.54, 1.807) is 6.92 Å². The van der Waals surface area contributed by atoms with Gasteiger partial charge in [-0.05, 0) is 31.0 Å². The zero-order chi connectivity index (χ0) is 21.5. The molecule has 1 aliphatic carbocycles. The number of fused-ring (bicyclic) bond motifs is 2. The number of rotatable bonds is 2. The predicted molar refractivity (Wildman–Crippen MR) is 119 cm³/mol. The van der Waals surface area contributed by atoms with Crippen molar-refractivity contribution in [2.75, 3.05) is 14.1 Å². The minimum absolute atomic E-state index is 0.142. The molecule has 0 spiro atoms. The molecule has 2 unspecified atom stereocenters. The van der Waals surface area contributed by atoms with E-state index >= 15 is 0 Å². The van der Waals surface area contributed by atoms with Crippen LogP contribution in [-0.2, 0) is 0 Å². The first-order valence-corrected chi connectivity index (χ1v) is 10.4. The van der Waals surface area contributed by atoms with Crippen molar-refractivity contribution >= 4 is 5.71 Å². The van der Waals surface area contributed by atoms with Gasteiger partial charge in [-0.2, -0.15) is 0 Å². The first-order chi connectivity index (χ1) is 15.0. The molecule has 0 saturated carbocycles. The molecule has 0 fully saturated rings. The Labute approximate surface area is 181 Å². The highest BCUT2D eigenvalue weighted by Crippen LogP contribution is 2.47. The van der Waals surface area contributed by atoms with Crippen LogP contribution in [0, 0.1) is 19.8 Å². The minimum atomic E-state index is 0.142. The Morgan fingerprint density at radius 2 is 1.65 bits per heavy atom. The molecule has 6 nitrogen and oxygen atoms in total. The van der Waals surface area contributed by atoms with Crippen molar-refractivity contribution in [3.05, 3.63) is 89.0 Å². The molecular weight excluding hydrogens is 386 g/mol. The van der Waals surface area contributed by atoms with Crippen molar-refractivity contribution < 1.29 is 9.31 Å². The predicted octanol–water partition coefficient (Wildman–Crippen LogP) is 3.86. The number of aryl methyl sites for hydroxylation is 2. The molecule has 1 aromatic heterocycles. The largest absolute Gasteiger partial charge is 0.460 e. The van der Waals surface area contributed by atoms with Crippen LogP contribution in [0.2, 0.25) is 0 Å². The van der Waals surface area contributed by atoms with Gasteiger partial charge in [-0.25, -0.2) is 4.58 Å². The third-order valence-electron chi connectivity index (χ3n) is 5.81. The van der Waals surface area contributed by atoms with E-state index in [4.69, 9.17) is 4.74 Å². The fourth-order valence-electron chi connectivity index (χ4n) is 4.17. The summed E-state index contributed by atoms with van der Waals surface area (Å²) < 4.78 is 8.48. The SMILES string of the molecule is Cc1ccc2c(c1)OC1=CC(=[N+](C)C)C=CC1C2c1ccc(-c2nnc(C)nn2)cc1. The van der Waals surface area contributed by atoms with Crippen LogP contribution in [0.15, 0.2) is 66.5 Å². The number of aromatic nitrogens is 4. The van der Waals surface area contributed by atoms with E-state index in [-0.39, 0.29) is 11.8 Å². The van der Waals surface area contributed by atoms with Crippen molar-refractivity contribution in [1.29, 1.82) is 0 Å². The molecule has 0 bridgehead atoms. The standard InChI is InChI=1S/C25H24N5O/c1-15-5-11-20-22(13-15)31-23-14-19(30(3)4)10-12-21(23)24(20)17-6-8-18(9-7-17)25-28-26-16(2)27-29-25/h5-14,21,24H,1-4H3/q+1. The summed E-state index contributed by atoms with van der Waals surface area (Å²) in [6.45, 7) is 3.87. The van der Waals surface area contributed by atoms with Crippen LogP contribution >= 0.6 is 0 Å². The first-order valence-electron chi connectivity index (χ1n) is 10.4. The van der Waals surface area contributed by atoms with Gasteiger partial charge in [0.15, 0.2) is 5.82 Å². The summed E-state index contributed by atoms with van der Waals surface area (Å²) in [5.74, 6) is 3.31. The molecule has 3 aromatic rings. The second kappa shape index (κ2) is 7.54. The molecule has 0 radical (unpaired) electrons. The number of hydrogen-bond donors (Lipinski definition) is 0. The van der Waals surface area contributed by atoms with Crippen molar-refractivity contribution in [1.82, 2.24) is 20.4 Å². The average Bonchev–Trinajstić information content (AvgIpc) is 2.77. The fraction of sp³-hybridized carbons (Fsp3) is 0.240. The zero-order valence-corrected chi connectivity index (χ0v) is 18.1. The second-order valence-corrected chi connectivity index (χ2v) is 8.26. The van der Waals surface area contributed by atoms with Gasteiger partial charge in [0.1, 0.15) is 25.6 Å². The van der Waals surface area contributed by atoms with Crippen LogP contribution in [0.5, 0.6) is 5.75 Å². The summed E-state index contributed by atoms with van der Waals surface area (Å²) >= 11 is 0. The Hall–Kier alpha value is -3.67. The quantitative estimate of drug-likeness (QED) is 0.601. The van der Waals surface area contributed by atoms with E-state index in [1.165, 1.54) is 16.7 Å². The number of hydrogen-bond acceptors (Lipinski definition) is 5. The average molecular weight is 411 g/mol. The van der Waals surface area contributed by atoms with Gasteiger partial charge in [0.05, 0.1) is 0 Å². The molecular formula is C25H24N5O+. The maximum Gasteiger partial charge on any atom is 0.203 e. The molecule has 0 amide bonds. The lowest BCUT2D eigenvalue weighted by Crippen LogP contribution is -2.28. The number of nitrogens with zero attached hydrogens (tertiary/aromatic N) is 5. The molecule has 1 aliphatic heterocycles. The van der Waals surface area contributed by atoms with Crippen LogP contribution < -0.4 is 4.74 Å². The highest BCUT2D eigenvalue weighted by Gasteiger charge is 2.36. The maximum absolute atomic E-state index is 6.38. The van der Waals surface area contributed by atoms with Crippen LogP contribution in [0.3, 0.4) is 0 Å². The van der Waals surface area contributed by atoms with Gasteiger partial charge in [0, 0.05) is 35.1 Å². The van der Waals surface area contributed by atoms with Gasteiger partial charge < -0.3 is 4.74 Å². The summed E-state index contributed by atoms with van der Waals surface area (Å²) in [6.07, 6.45) is 6.58. The van der Waals surface area contributed by atoms with E-state index in [1.807, 2.05) is 26.2 Å². The Bertz CT molecular complexity index is 1240. The molecule has 0 N–H and O–H groups in total. The monoisotopic (exact) mass is 410 g/mol. The fourth-order valence-corrected chi connectivity index (χ4v) is 4.17. The Balaban J connectivity index is 1.58. The Morgan fingerprint density at radius 3 is 2.35 bits per heavy atom. The second-order valence-electron chi connectivity index (χ2n) is 8.26. The Kier molecular flexibility index (Phi) is 4.70. The molecule has 2 aliphatic rings. The van der Waals surface area contributed by atoms with Crippen LogP contribution in [0.25, 0.3) is 11.4 Å². The third kappa shape index (κ3) is 3.54. The molecule has 5 rings (SSSR count). The smallest absolute Gasteiger partial charge is 0.203 e. The van der Waals surface area contributed by atoms with E-state index in [0.717, 1.165) is 22.8 Å². The zero-order valence-electron chi connectivity index (χ0n) is 18.1. The van der Waals surface area contributed by atoms with Gasteiger partial charge in [-0.3, -0.25) is 0 Å². The van der Waals surface area contributed by atoms with Crippen LogP contribution in [-0.4, -0.2) is 44.8 Å². The summed E-state index contributed by atoms with van der Waals surface area (Å²) in [6, 6.07) is 14.8. The normalized spacial score (nSPS) is 19.2. The van der Waals surface area contributed by atoms with E-state index in [9.17, 15) is 0 Å². The molecule has 154 valence electrons. The van der Waals surface area contributed by atoms with E-state index in [0.29, 0.717) is 11.6 Å². The number of benzene rings is 2. The van der Waals surface area contributed by atoms with Gasteiger partial charge in [0.2, 0.25) is 11.5 Å². The summed E-state index contributed by atoms with van der Waals surface area (Å²) in [7, 11) is 4.09. The minimum Gasteiger partial charge on any atom is -0.460 e. The number of ether oxygens (including phenoxy) is 1. The van der Waals surface area contributed by atoms with Crippen LogP contribution in [0.4, 0.5) is 0 Å². The lowest BCUT2D eigenvalue weighted by atomic mass is 9.75. The molecule has 31 heavy (non-hydrogen) atoms. The molecule has 2 atom stereocenters. The molecule has 0 saturated heterocycles. The summed E-state index contributed by atoms with van der Waals surface area (Å²) in [5.41, 5.74) is 5.64. The third-order valence-corrected chi connectivity index (χ3v) is 5.81. The van der Waals surface area contributed by atoms with Gasteiger partial charge in [0.25, 0.3) is 0 Å². The first kappa shape index (κ1) is 19.3. The molecule has 6 heteroatoms. The Morgan fingerprint density at radius 1 is 0.903 bits per heavy atom. The molecule has 2 heterocycles. The highest BCUT2D eigenvalue weighted by molar-refractivity contribution is 6.01.